The first-order valence-electron chi connectivity index (χ1n) is 7.24. The Bertz CT molecular complexity index is 449. The van der Waals surface area contributed by atoms with Crippen LogP contribution in [0, 0.1) is 27.9 Å². The van der Waals surface area contributed by atoms with Gasteiger partial charge in [-0.1, -0.05) is 11.6 Å². The lowest BCUT2D eigenvalue weighted by molar-refractivity contribution is -0.524. The Morgan fingerprint density at radius 3 is 2.71 bits per heavy atom. The molecule has 7 nitrogen and oxygen atoms in total. The van der Waals surface area contributed by atoms with Crippen molar-refractivity contribution in [2.24, 2.45) is 17.8 Å². The highest BCUT2D eigenvalue weighted by molar-refractivity contribution is 5.77. The molecule has 21 heavy (non-hydrogen) atoms. The first kappa shape index (κ1) is 15.9. The molecule has 1 aliphatic heterocycles. The maximum atomic E-state index is 11.7. The summed E-state index contributed by atoms with van der Waals surface area (Å²) in [4.78, 5) is 22.4. The Balaban J connectivity index is 0.000000497. The summed E-state index contributed by atoms with van der Waals surface area (Å²) in [5, 5.41) is 25.1. The maximum absolute atomic E-state index is 11.7. The largest absolute Gasteiger partial charge is 0.462 e. The van der Waals surface area contributed by atoms with Crippen molar-refractivity contribution in [1.29, 1.82) is 0 Å². The predicted octanol–water partition coefficient (Wildman–Crippen LogP) is 0.868. The summed E-state index contributed by atoms with van der Waals surface area (Å²) in [6.45, 7) is 1.20. The van der Waals surface area contributed by atoms with Gasteiger partial charge in [-0.25, -0.2) is 0 Å². The lowest BCUT2D eigenvalue weighted by atomic mass is 9.68. The zero-order valence-electron chi connectivity index (χ0n) is 12.0. The molecule has 0 aromatic rings. The van der Waals surface area contributed by atoms with Crippen molar-refractivity contribution in [3.8, 4) is 0 Å². The smallest absolute Gasteiger partial charge is 0.313 e. The molecule has 1 saturated carbocycles. The van der Waals surface area contributed by atoms with Gasteiger partial charge in [-0.15, -0.1) is 0 Å². The Labute approximate surface area is 122 Å². The molecule has 2 aliphatic carbocycles. The number of carbonyl (C=O) groups excluding carboxylic acids is 1. The molecule has 0 aromatic carbocycles. The highest BCUT2D eigenvalue weighted by Crippen LogP contribution is 2.46. The zero-order chi connectivity index (χ0) is 15.6. The average Bonchev–Trinajstić information content (AvgIpc) is 2.71. The highest BCUT2D eigenvalue weighted by atomic mass is 16.6. The third-order valence-electron chi connectivity index (χ3n) is 4.73. The Morgan fingerprint density at radius 1 is 1.43 bits per heavy atom. The fourth-order valence-corrected chi connectivity index (χ4v) is 3.68. The van der Waals surface area contributed by atoms with Gasteiger partial charge >= 0.3 is 5.97 Å². The van der Waals surface area contributed by atoms with E-state index in [-0.39, 0.29) is 28.8 Å². The maximum Gasteiger partial charge on any atom is 0.313 e. The second-order valence-electron chi connectivity index (χ2n) is 5.87. The standard InChI is InChI=1S/C13H17NO4.CH4O2/c1-7-11-5-8-2-3-10(14(16)17)4-9(8)6-12(11)13(15)18-7;2-1-3/h6-8,10-12H,2-5H2,1H3;2-3H,1H2. The van der Waals surface area contributed by atoms with Crippen LogP contribution in [0.15, 0.2) is 11.6 Å². The summed E-state index contributed by atoms with van der Waals surface area (Å²) < 4.78 is 5.27. The van der Waals surface area contributed by atoms with E-state index in [4.69, 9.17) is 14.9 Å². The number of hydrogen-bond donors (Lipinski definition) is 2. The molecule has 5 atom stereocenters. The third-order valence-corrected chi connectivity index (χ3v) is 4.73. The van der Waals surface area contributed by atoms with Crippen LogP contribution in [0.2, 0.25) is 0 Å². The Kier molecular flexibility index (Phi) is 4.95. The molecule has 3 rings (SSSR count). The minimum absolute atomic E-state index is 0.00598. The Morgan fingerprint density at radius 2 is 2.10 bits per heavy atom. The fourth-order valence-electron chi connectivity index (χ4n) is 3.68. The van der Waals surface area contributed by atoms with Gasteiger partial charge in [-0.05, 0) is 25.7 Å². The zero-order valence-corrected chi connectivity index (χ0v) is 12.0. The summed E-state index contributed by atoms with van der Waals surface area (Å²) in [6, 6.07) is -0.459. The second-order valence-corrected chi connectivity index (χ2v) is 5.87. The molecule has 0 amide bonds. The van der Waals surface area contributed by atoms with Crippen LogP contribution in [-0.2, 0) is 9.53 Å². The van der Waals surface area contributed by atoms with Crippen LogP contribution in [0.3, 0.4) is 0 Å². The number of aliphatic hydroxyl groups is 2. The van der Waals surface area contributed by atoms with Gasteiger partial charge in [0.2, 0.25) is 6.04 Å². The van der Waals surface area contributed by atoms with E-state index in [1.165, 1.54) is 0 Å². The number of nitro groups is 1. The SMILES string of the molecule is CC1OC(=O)C2C=C3CC([N+](=O)[O-])CCC3CC12.OCO. The van der Waals surface area contributed by atoms with Crippen LogP contribution >= 0.6 is 0 Å². The first-order chi connectivity index (χ1) is 9.97. The van der Waals surface area contributed by atoms with Gasteiger partial charge in [0.1, 0.15) is 12.9 Å². The lowest BCUT2D eigenvalue weighted by Gasteiger charge is -2.34. The van der Waals surface area contributed by atoms with E-state index in [1.807, 2.05) is 13.0 Å². The predicted molar refractivity (Wildman–Crippen MR) is 72.7 cm³/mol. The number of rotatable bonds is 1. The molecule has 7 heteroatoms. The monoisotopic (exact) mass is 299 g/mol. The molecule has 1 heterocycles. The van der Waals surface area contributed by atoms with Crippen molar-refractivity contribution in [3.63, 3.8) is 0 Å². The van der Waals surface area contributed by atoms with Crippen LogP contribution in [-0.4, -0.2) is 40.0 Å². The molecule has 3 aliphatic rings. The summed E-state index contributed by atoms with van der Waals surface area (Å²) in [6.07, 6.45) is 4.97. The summed E-state index contributed by atoms with van der Waals surface area (Å²) in [5.74, 6) is 0.399. The first-order valence-corrected chi connectivity index (χ1v) is 7.24. The number of carbonyl (C=O) groups is 1. The Hall–Kier alpha value is -1.47. The van der Waals surface area contributed by atoms with Crippen molar-refractivity contribution in [1.82, 2.24) is 0 Å². The van der Waals surface area contributed by atoms with Gasteiger partial charge < -0.3 is 14.9 Å². The van der Waals surface area contributed by atoms with E-state index < -0.39 is 12.8 Å². The lowest BCUT2D eigenvalue weighted by Crippen LogP contribution is -2.34. The van der Waals surface area contributed by atoms with Gasteiger partial charge in [0.15, 0.2) is 0 Å². The van der Waals surface area contributed by atoms with Gasteiger partial charge in [0.05, 0.1) is 5.92 Å². The van der Waals surface area contributed by atoms with Crippen molar-refractivity contribution in [3.05, 3.63) is 21.8 Å². The minimum atomic E-state index is -0.750. The molecule has 1 saturated heterocycles. The number of nitrogens with zero attached hydrogens (tertiary/aromatic N) is 1. The van der Waals surface area contributed by atoms with Crippen LogP contribution in [0.25, 0.3) is 0 Å². The molecule has 0 bridgehead atoms. The highest BCUT2D eigenvalue weighted by Gasteiger charge is 2.47. The number of cyclic esters (lactones) is 1. The summed E-state index contributed by atoms with van der Waals surface area (Å²) in [7, 11) is 0. The molecule has 2 N–H and O–H groups in total. The van der Waals surface area contributed by atoms with Crippen molar-refractivity contribution in [2.75, 3.05) is 6.79 Å². The van der Waals surface area contributed by atoms with E-state index in [9.17, 15) is 14.9 Å². The van der Waals surface area contributed by atoms with Gasteiger partial charge in [-0.3, -0.25) is 14.9 Å². The van der Waals surface area contributed by atoms with Gasteiger partial charge in [-0.2, -0.15) is 0 Å². The van der Waals surface area contributed by atoms with Crippen LogP contribution in [0.5, 0.6) is 0 Å². The summed E-state index contributed by atoms with van der Waals surface area (Å²) in [5.41, 5.74) is 1.12. The fraction of sp³-hybridized carbons (Fsp3) is 0.786. The van der Waals surface area contributed by atoms with Crippen molar-refractivity contribution in [2.45, 2.75) is 44.8 Å². The number of ether oxygens (including phenoxy) is 1. The van der Waals surface area contributed by atoms with Crippen LogP contribution in [0.1, 0.15) is 32.6 Å². The van der Waals surface area contributed by atoms with Crippen molar-refractivity contribution >= 4 is 5.97 Å². The number of esters is 1. The van der Waals surface area contributed by atoms with Crippen LogP contribution in [0.4, 0.5) is 0 Å². The molecule has 5 unspecified atom stereocenters. The molecular formula is C14H21NO6. The molecule has 0 radical (unpaired) electrons. The quantitative estimate of drug-likeness (QED) is 0.244. The normalized spacial score (nSPS) is 37.4. The number of aliphatic hydroxyl groups excluding tert-OH is 1. The molecule has 0 aromatic heterocycles. The number of hydrogen-bond acceptors (Lipinski definition) is 6. The minimum Gasteiger partial charge on any atom is -0.462 e. The van der Waals surface area contributed by atoms with Crippen molar-refractivity contribution < 1.29 is 24.7 Å². The molecule has 2 fully saturated rings. The van der Waals surface area contributed by atoms with E-state index in [1.54, 1.807) is 0 Å². The molecule has 118 valence electrons. The van der Waals surface area contributed by atoms with Gasteiger partial charge in [0.25, 0.3) is 0 Å². The average molecular weight is 299 g/mol. The number of fused-ring (bicyclic) bond motifs is 2. The topological polar surface area (TPSA) is 110 Å². The van der Waals surface area contributed by atoms with E-state index in [0.717, 1.165) is 18.4 Å². The molecular weight excluding hydrogens is 278 g/mol. The molecule has 0 spiro atoms. The van der Waals surface area contributed by atoms with Gasteiger partial charge in [0, 0.05) is 23.7 Å². The van der Waals surface area contributed by atoms with Crippen LogP contribution < -0.4 is 0 Å². The second kappa shape index (κ2) is 6.53. The van der Waals surface area contributed by atoms with E-state index in [0.29, 0.717) is 18.8 Å². The van der Waals surface area contributed by atoms with E-state index in [2.05, 4.69) is 0 Å². The third kappa shape index (κ3) is 3.24. The summed E-state index contributed by atoms with van der Waals surface area (Å²) >= 11 is 0. The van der Waals surface area contributed by atoms with E-state index >= 15 is 0 Å².